The number of anilines is 1. The molecular formula is C11H16ClN7O. The first-order valence-electron chi connectivity index (χ1n) is 6.30. The van der Waals surface area contributed by atoms with Gasteiger partial charge >= 0.3 is 6.01 Å². The van der Waals surface area contributed by atoms with E-state index in [1.54, 1.807) is 11.0 Å². The van der Waals surface area contributed by atoms with Gasteiger partial charge < -0.3 is 10.1 Å². The Bertz CT molecular complexity index is 559. The van der Waals surface area contributed by atoms with Gasteiger partial charge in [0, 0.05) is 20.0 Å². The van der Waals surface area contributed by atoms with Crippen LogP contribution in [0.5, 0.6) is 6.01 Å². The summed E-state index contributed by atoms with van der Waals surface area (Å²) >= 11 is 5.82. The lowest BCUT2D eigenvalue weighted by atomic mass is 10.4. The number of nitrogens with zero attached hydrogens (tertiary/aromatic N) is 6. The number of ether oxygens (including phenoxy) is 1. The van der Waals surface area contributed by atoms with E-state index in [2.05, 4.69) is 30.4 Å². The van der Waals surface area contributed by atoms with Crippen LogP contribution in [0.25, 0.3) is 0 Å². The van der Waals surface area contributed by atoms with Crippen molar-refractivity contribution in [3.63, 3.8) is 0 Å². The maximum atomic E-state index is 5.82. The molecule has 2 rings (SSSR count). The van der Waals surface area contributed by atoms with Gasteiger partial charge in [-0.3, -0.25) is 4.68 Å². The maximum absolute atomic E-state index is 5.82. The van der Waals surface area contributed by atoms with Gasteiger partial charge in [-0.1, -0.05) is 6.92 Å². The molecule has 0 amide bonds. The van der Waals surface area contributed by atoms with Gasteiger partial charge in [0.05, 0.1) is 6.61 Å². The van der Waals surface area contributed by atoms with Crippen LogP contribution >= 0.6 is 11.6 Å². The van der Waals surface area contributed by atoms with Crippen LogP contribution in [0.15, 0.2) is 6.33 Å². The number of aryl methyl sites for hydroxylation is 1. The molecule has 1 N–H and O–H groups in total. The normalized spacial score (nSPS) is 10.6. The lowest BCUT2D eigenvalue weighted by Gasteiger charge is -2.06. The highest BCUT2D eigenvalue weighted by Crippen LogP contribution is 2.11. The molecule has 9 heteroatoms. The molecular weight excluding hydrogens is 282 g/mol. The molecule has 0 spiro atoms. The van der Waals surface area contributed by atoms with Crippen LogP contribution in [0.4, 0.5) is 5.95 Å². The Labute approximate surface area is 121 Å². The van der Waals surface area contributed by atoms with E-state index < -0.39 is 0 Å². The van der Waals surface area contributed by atoms with Crippen LogP contribution in [-0.2, 0) is 13.5 Å². The highest BCUT2D eigenvalue weighted by molar-refractivity contribution is 6.28. The van der Waals surface area contributed by atoms with E-state index in [0.717, 1.165) is 12.2 Å². The molecule has 0 atom stereocenters. The summed E-state index contributed by atoms with van der Waals surface area (Å²) in [5, 5.41) is 7.32. The monoisotopic (exact) mass is 297 g/mol. The fraction of sp³-hybridized carbons (Fsp3) is 0.545. The van der Waals surface area contributed by atoms with Crippen molar-refractivity contribution in [3.8, 4) is 6.01 Å². The molecule has 2 heterocycles. The van der Waals surface area contributed by atoms with Crippen LogP contribution < -0.4 is 10.1 Å². The highest BCUT2D eigenvalue weighted by atomic mass is 35.5. The number of hydrogen-bond donors (Lipinski definition) is 1. The smallest absolute Gasteiger partial charge is 0.322 e. The van der Waals surface area contributed by atoms with E-state index in [1.807, 2.05) is 14.0 Å². The van der Waals surface area contributed by atoms with Crippen LogP contribution in [0.3, 0.4) is 0 Å². The predicted molar refractivity (Wildman–Crippen MR) is 73.8 cm³/mol. The van der Waals surface area contributed by atoms with Crippen molar-refractivity contribution >= 4 is 17.5 Å². The van der Waals surface area contributed by atoms with E-state index in [1.165, 1.54) is 0 Å². The molecule has 20 heavy (non-hydrogen) atoms. The molecule has 2 aromatic heterocycles. The summed E-state index contributed by atoms with van der Waals surface area (Å²) in [6.45, 7) is 3.14. The van der Waals surface area contributed by atoms with Crippen molar-refractivity contribution in [2.45, 2.75) is 19.8 Å². The summed E-state index contributed by atoms with van der Waals surface area (Å²) in [7, 11) is 1.83. The minimum atomic E-state index is 0.101. The predicted octanol–water partition coefficient (Wildman–Crippen LogP) is 1.10. The second-order valence-electron chi connectivity index (χ2n) is 4.07. The topological polar surface area (TPSA) is 90.6 Å². The lowest BCUT2D eigenvalue weighted by Crippen LogP contribution is -2.11. The van der Waals surface area contributed by atoms with Gasteiger partial charge in [-0.15, -0.1) is 0 Å². The molecule has 108 valence electrons. The van der Waals surface area contributed by atoms with E-state index in [0.29, 0.717) is 25.5 Å². The molecule has 0 fully saturated rings. The third-order valence-corrected chi connectivity index (χ3v) is 2.47. The molecule has 0 radical (unpaired) electrons. The maximum Gasteiger partial charge on any atom is 0.322 e. The van der Waals surface area contributed by atoms with Gasteiger partial charge in [-0.05, 0) is 18.0 Å². The Morgan fingerprint density at radius 2 is 2.20 bits per heavy atom. The zero-order chi connectivity index (χ0) is 14.4. The molecule has 0 saturated carbocycles. The fourth-order valence-electron chi connectivity index (χ4n) is 1.45. The van der Waals surface area contributed by atoms with Crippen molar-refractivity contribution in [2.24, 2.45) is 7.05 Å². The fourth-order valence-corrected chi connectivity index (χ4v) is 1.61. The van der Waals surface area contributed by atoms with Crippen molar-refractivity contribution < 1.29 is 4.74 Å². The molecule has 8 nitrogen and oxygen atoms in total. The number of aromatic nitrogens is 6. The SMILES string of the molecule is CCCOc1nc(Cl)nc(NCCc2ncn(C)n2)n1. The lowest BCUT2D eigenvalue weighted by molar-refractivity contribution is 0.291. The van der Waals surface area contributed by atoms with Gasteiger partial charge in [-0.25, -0.2) is 4.98 Å². The molecule has 0 aliphatic rings. The van der Waals surface area contributed by atoms with Crippen molar-refractivity contribution in [1.29, 1.82) is 0 Å². The third kappa shape index (κ3) is 4.30. The standard InChI is InChI=1S/C11H16ClN7O/c1-3-6-20-11-16-9(12)15-10(17-11)13-5-4-8-14-7-19(2)18-8/h7H,3-6H2,1-2H3,(H,13,15,16,17). The Balaban J connectivity index is 1.89. The Morgan fingerprint density at radius 3 is 2.90 bits per heavy atom. The van der Waals surface area contributed by atoms with Crippen LogP contribution in [0.1, 0.15) is 19.2 Å². The summed E-state index contributed by atoms with van der Waals surface area (Å²) in [6.07, 6.45) is 3.19. The number of rotatable bonds is 7. The molecule has 0 aliphatic carbocycles. The average molecular weight is 298 g/mol. The van der Waals surface area contributed by atoms with Gasteiger partial charge in [0.25, 0.3) is 0 Å². The first kappa shape index (κ1) is 14.4. The first-order valence-corrected chi connectivity index (χ1v) is 6.68. The molecule has 0 aliphatic heterocycles. The zero-order valence-corrected chi connectivity index (χ0v) is 12.1. The number of hydrogen-bond acceptors (Lipinski definition) is 7. The largest absolute Gasteiger partial charge is 0.463 e. The second-order valence-corrected chi connectivity index (χ2v) is 4.41. The molecule has 0 unspecified atom stereocenters. The van der Waals surface area contributed by atoms with Crippen LogP contribution in [0.2, 0.25) is 5.28 Å². The van der Waals surface area contributed by atoms with Gasteiger partial charge in [0.2, 0.25) is 11.2 Å². The third-order valence-electron chi connectivity index (χ3n) is 2.30. The molecule has 0 saturated heterocycles. The van der Waals surface area contributed by atoms with Crippen molar-refractivity contribution in [3.05, 3.63) is 17.4 Å². The quantitative estimate of drug-likeness (QED) is 0.818. The summed E-state index contributed by atoms with van der Waals surface area (Å²) < 4.78 is 6.99. The summed E-state index contributed by atoms with van der Waals surface area (Å²) in [5.74, 6) is 1.13. The Hall–Kier alpha value is -1.96. The van der Waals surface area contributed by atoms with Gasteiger partial charge in [0.15, 0.2) is 5.82 Å². The average Bonchev–Trinajstić information content (AvgIpc) is 2.81. The van der Waals surface area contributed by atoms with Crippen molar-refractivity contribution in [1.82, 2.24) is 29.7 Å². The molecule has 2 aromatic rings. The van der Waals surface area contributed by atoms with Crippen LogP contribution in [-0.4, -0.2) is 42.9 Å². The van der Waals surface area contributed by atoms with E-state index in [9.17, 15) is 0 Å². The second kappa shape index (κ2) is 6.99. The highest BCUT2D eigenvalue weighted by Gasteiger charge is 2.06. The Morgan fingerprint density at radius 1 is 1.35 bits per heavy atom. The van der Waals surface area contributed by atoms with Gasteiger partial charge in [-0.2, -0.15) is 20.1 Å². The number of nitrogens with one attached hydrogen (secondary N) is 1. The van der Waals surface area contributed by atoms with Crippen LogP contribution in [0, 0.1) is 0 Å². The number of halogens is 1. The summed E-state index contributed by atoms with van der Waals surface area (Å²) in [6, 6.07) is 0.227. The zero-order valence-electron chi connectivity index (χ0n) is 11.4. The molecule has 0 aromatic carbocycles. The van der Waals surface area contributed by atoms with Crippen molar-refractivity contribution in [2.75, 3.05) is 18.5 Å². The first-order chi connectivity index (χ1) is 9.67. The van der Waals surface area contributed by atoms with E-state index in [-0.39, 0.29) is 11.3 Å². The Kier molecular flexibility index (Phi) is 5.05. The minimum absolute atomic E-state index is 0.101. The van der Waals surface area contributed by atoms with E-state index in [4.69, 9.17) is 16.3 Å². The summed E-state index contributed by atoms with van der Waals surface area (Å²) in [5.41, 5.74) is 0. The summed E-state index contributed by atoms with van der Waals surface area (Å²) in [4.78, 5) is 16.1. The minimum Gasteiger partial charge on any atom is -0.463 e. The molecule has 0 bridgehead atoms. The van der Waals surface area contributed by atoms with E-state index >= 15 is 0 Å². The van der Waals surface area contributed by atoms with Gasteiger partial charge in [0.1, 0.15) is 6.33 Å².